The molecule has 2 aliphatic rings. The fourth-order valence-corrected chi connectivity index (χ4v) is 4.37. The van der Waals surface area contributed by atoms with Gasteiger partial charge in [-0.05, 0) is 57.8 Å². The molecular formula is C23H40N2O4. The van der Waals surface area contributed by atoms with E-state index in [-0.39, 0.29) is 41.8 Å². The number of nitrogens with one attached hydrogen (secondary N) is 2. The molecule has 6 heteroatoms. The minimum atomic E-state index is 0.0315. The van der Waals surface area contributed by atoms with Crippen molar-refractivity contribution in [2.75, 3.05) is 6.61 Å². The molecule has 0 heterocycles. The zero-order chi connectivity index (χ0) is 21.2. The third-order valence-electron chi connectivity index (χ3n) is 6.34. The molecule has 0 aliphatic heterocycles. The second-order valence-electron chi connectivity index (χ2n) is 9.05. The standard InChI is InChI=1S/C23H40N2O4/c1-4-21(26)17-7-9-18(10-8-17)24-22(27)6-5-15-29-20-13-11-19(12-14-20)25-23(28)16(2)3/h16-20H,4-15H2,1-3H3,(H,24,27)(H,25,28). The van der Waals surface area contributed by atoms with E-state index < -0.39 is 0 Å². The normalized spacial score (nSPS) is 27.4. The van der Waals surface area contributed by atoms with E-state index in [4.69, 9.17) is 4.74 Å². The van der Waals surface area contributed by atoms with Crippen molar-refractivity contribution < 1.29 is 19.1 Å². The van der Waals surface area contributed by atoms with Crippen molar-refractivity contribution in [1.82, 2.24) is 10.6 Å². The van der Waals surface area contributed by atoms with E-state index in [2.05, 4.69) is 10.6 Å². The molecule has 2 fully saturated rings. The Kier molecular flexibility index (Phi) is 10.1. The van der Waals surface area contributed by atoms with Crippen LogP contribution in [0.1, 0.15) is 91.4 Å². The molecule has 2 N–H and O–H groups in total. The van der Waals surface area contributed by atoms with Crippen molar-refractivity contribution in [3.05, 3.63) is 0 Å². The fourth-order valence-electron chi connectivity index (χ4n) is 4.37. The first kappa shape index (κ1) is 23.8. The maximum absolute atomic E-state index is 12.2. The third-order valence-corrected chi connectivity index (χ3v) is 6.34. The van der Waals surface area contributed by atoms with Gasteiger partial charge in [-0.15, -0.1) is 0 Å². The largest absolute Gasteiger partial charge is 0.378 e. The molecule has 0 bridgehead atoms. The van der Waals surface area contributed by atoms with Crippen molar-refractivity contribution in [2.45, 2.75) is 110 Å². The summed E-state index contributed by atoms with van der Waals surface area (Å²) in [5, 5.41) is 6.23. The van der Waals surface area contributed by atoms with Gasteiger partial charge in [0.1, 0.15) is 5.78 Å². The van der Waals surface area contributed by atoms with Gasteiger partial charge in [0.2, 0.25) is 11.8 Å². The highest BCUT2D eigenvalue weighted by atomic mass is 16.5. The summed E-state index contributed by atoms with van der Waals surface area (Å²) in [5.41, 5.74) is 0. The molecule has 0 aromatic carbocycles. The minimum Gasteiger partial charge on any atom is -0.378 e. The number of rotatable bonds is 10. The van der Waals surface area contributed by atoms with E-state index in [1.807, 2.05) is 20.8 Å². The van der Waals surface area contributed by atoms with E-state index in [0.29, 0.717) is 25.2 Å². The number of hydrogen-bond acceptors (Lipinski definition) is 4. The van der Waals surface area contributed by atoms with Crippen molar-refractivity contribution in [3.8, 4) is 0 Å². The van der Waals surface area contributed by atoms with Crippen molar-refractivity contribution >= 4 is 17.6 Å². The smallest absolute Gasteiger partial charge is 0.222 e. The van der Waals surface area contributed by atoms with Crippen LogP contribution >= 0.6 is 0 Å². The molecule has 0 aromatic heterocycles. The summed E-state index contributed by atoms with van der Waals surface area (Å²) in [6.07, 6.45) is 9.59. The van der Waals surface area contributed by atoms with Crippen molar-refractivity contribution in [3.63, 3.8) is 0 Å². The quantitative estimate of drug-likeness (QED) is 0.542. The van der Waals surface area contributed by atoms with E-state index in [1.54, 1.807) is 0 Å². The lowest BCUT2D eigenvalue weighted by Gasteiger charge is -2.29. The van der Waals surface area contributed by atoms with E-state index in [0.717, 1.165) is 57.8 Å². The predicted octanol–water partition coefficient (Wildman–Crippen LogP) is 3.52. The number of carbonyl (C=O) groups is 3. The Morgan fingerprint density at radius 2 is 1.48 bits per heavy atom. The van der Waals surface area contributed by atoms with Crippen LogP contribution in [-0.2, 0) is 19.1 Å². The summed E-state index contributed by atoms with van der Waals surface area (Å²) < 4.78 is 5.95. The van der Waals surface area contributed by atoms with Gasteiger partial charge in [0.05, 0.1) is 6.10 Å². The van der Waals surface area contributed by atoms with Gasteiger partial charge >= 0.3 is 0 Å². The Hall–Kier alpha value is -1.43. The van der Waals surface area contributed by atoms with Crippen molar-refractivity contribution in [1.29, 1.82) is 0 Å². The monoisotopic (exact) mass is 408 g/mol. The molecule has 0 spiro atoms. The lowest BCUT2D eigenvalue weighted by atomic mass is 9.83. The maximum atomic E-state index is 12.2. The van der Waals surface area contributed by atoms with Crippen LogP contribution < -0.4 is 10.6 Å². The summed E-state index contributed by atoms with van der Waals surface area (Å²) in [6.45, 7) is 6.37. The van der Waals surface area contributed by atoms with Crippen molar-refractivity contribution in [2.24, 2.45) is 11.8 Å². The van der Waals surface area contributed by atoms with Gasteiger partial charge in [0.25, 0.3) is 0 Å². The topological polar surface area (TPSA) is 84.5 Å². The summed E-state index contributed by atoms with van der Waals surface area (Å²) in [6, 6.07) is 0.499. The van der Waals surface area contributed by atoms with Crippen LogP contribution in [0.2, 0.25) is 0 Å². The summed E-state index contributed by atoms with van der Waals surface area (Å²) in [5.74, 6) is 0.826. The number of ketones is 1. The van der Waals surface area contributed by atoms with Crippen LogP contribution in [0.5, 0.6) is 0 Å². The van der Waals surface area contributed by atoms with Crippen LogP contribution in [0.25, 0.3) is 0 Å². The Morgan fingerprint density at radius 3 is 2.07 bits per heavy atom. The maximum Gasteiger partial charge on any atom is 0.222 e. The molecule has 0 unspecified atom stereocenters. The minimum absolute atomic E-state index is 0.0315. The summed E-state index contributed by atoms with van der Waals surface area (Å²) >= 11 is 0. The molecule has 166 valence electrons. The van der Waals surface area contributed by atoms with E-state index in [9.17, 15) is 14.4 Å². The van der Waals surface area contributed by atoms with E-state index in [1.165, 1.54) is 0 Å². The Labute approximate surface area is 175 Å². The first-order chi connectivity index (χ1) is 13.9. The SMILES string of the molecule is CCC(=O)C1CCC(NC(=O)CCCOC2CCC(NC(=O)C(C)C)CC2)CC1. The Morgan fingerprint density at radius 1 is 0.897 bits per heavy atom. The molecule has 2 amide bonds. The molecule has 2 aliphatic carbocycles. The zero-order valence-corrected chi connectivity index (χ0v) is 18.5. The first-order valence-electron chi connectivity index (χ1n) is 11.6. The lowest BCUT2D eigenvalue weighted by molar-refractivity contribution is -0.125. The van der Waals surface area contributed by atoms with Gasteiger partial charge < -0.3 is 15.4 Å². The summed E-state index contributed by atoms with van der Waals surface area (Å²) in [4.78, 5) is 35.7. The molecular weight excluding hydrogens is 368 g/mol. The number of hydrogen-bond donors (Lipinski definition) is 2. The van der Waals surface area contributed by atoms with Crippen LogP contribution in [0, 0.1) is 11.8 Å². The molecule has 29 heavy (non-hydrogen) atoms. The first-order valence-corrected chi connectivity index (χ1v) is 11.6. The Bertz CT molecular complexity index is 533. The number of Topliss-reactive ketones (excluding diaryl/α,β-unsaturated/α-hetero) is 1. The fraction of sp³-hybridized carbons (Fsp3) is 0.870. The summed E-state index contributed by atoms with van der Waals surface area (Å²) in [7, 11) is 0. The molecule has 2 rings (SSSR count). The number of amides is 2. The van der Waals surface area contributed by atoms with Gasteiger partial charge in [0.15, 0.2) is 0 Å². The average Bonchev–Trinajstić information content (AvgIpc) is 2.72. The molecule has 2 saturated carbocycles. The predicted molar refractivity (Wildman–Crippen MR) is 113 cm³/mol. The molecule has 6 nitrogen and oxygen atoms in total. The van der Waals surface area contributed by atoms with E-state index >= 15 is 0 Å². The highest BCUT2D eigenvalue weighted by Gasteiger charge is 2.26. The molecule has 0 atom stereocenters. The Balaban J connectivity index is 1.51. The lowest BCUT2D eigenvalue weighted by Crippen LogP contribution is -2.41. The zero-order valence-electron chi connectivity index (χ0n) is 18.5. The second-order valence-corrected chi connectivity index (χ2v) is 9.05. The van der Waals surface area contributed by atoms with Crippen LogP contribution in [-0.4, -0.2) is 42.4 Å². The number of ether oxygens (including phenoxy) is 1. The molecule has 0 radical (unpaired) electrons. The average molecular weight is 409 g/mol. The van der Waals surface area contributed by atoms with Gasteiger partial charge in [-0.25, -0.2) is 0 Å². The second kappa shape index (κ2) is 12.3. The van der Waals surface area contributed by atoms with Gasteiger partial charge in [-0.2, -0.15) is 0 Å². The molecule has 0 saturated heterocycles. The highest BCUT2D eigenvalue weighted by Crippen LogP contribution is 2.26. The van der Waals surface area contributed by atoms with Crippen LogP contribution in [0.4, 0.5) is 0 Å². The van der Waals surface area contributed by atoms with Gasteiger partial charge in [-0.3, -0.25) is 14.4 Å². The van der Waals surface area contributed by atoms with Crippen LogP contribution in [0.15, 0.2) is 0 Å². The third kappa shape index (κ3) is 8.45. The number of carbonyl (C=O) groups excluding carboxylic acids is 3. The highest BCUT2D eigenvalue weighted by molar-refractivity contribution is 5.81. The van der Waals surface area contributed by atoms with Gasteiger partial charge in [-0.1, -0.05) is 20.8 Å². The van der Waals surface area contributed by atoms with Gasteiger partial charge in [0, 0.05) is 43.4 Å². The molecule has 0 aromatic rings. The van der Waals surface area contributed by atoms with Crippen LogP contribution in [0.3, 0.4) is 0 Å².